The molecular formula is C17H19N. The fourth-order valence-corrected chi connectivity index (χ4v) is 2.67. The Morgan fingerprint density at radius 1 is 0.722 bits per heavy atom. The lowest BCUT2D eigenvalue weighted by Gasteiger charge is -2.14. The summed E-state index contributed by atoms with van der Waals surface area (Å²) in [6.45, 7) is 0. The number of rotatable bonds is 1. The van der Waals surface area contributed by atoms with Crippen LogP contribution in [-0.4, -0.2) is 7.05 Å². The third-order valence-electron chi connectivity index (χ3n) is 3.85. The minimum Gasteiger partial charge on any atom is -0.388 e. The first kappa shape index (κ1) is 11.3. The fraction of sp³-hybridized carbons (Fsp3) is 0.294. The predicted molar refractivity (Wildman–Crippen MR) is 77.2 cm³/mol. The Hall–Kier alpha value is -1.76. The molecule has 4 aliphatic carbocycles. The van der Waals surface area contributed by atoms with E-state index >= 15 is 0 Å². The van der Waals surface area contributed by atoms with Crippen molar-refractivity contribution >= 4 is 5.69 Å². The van der Waals surface area contributed by atoms with E-state index in [0.29, 0.717) is 0 Å². The van der Waals surface area contributed by atoms with Crippen molar-refractivity contribution in [3.63, 3.8) is 0 Å². The van der Waals surface area contributed by atoms with E-state index in [-0.39, 0.29) is 0 Å². The zero-order chi connectivity index (χ0) is 12.4. The van der Waals surface area contributed by atoms with Gasteiger partial charge in [-0.05, 0) is 54.0 Å². The molecule has 0 amide bonds. The van der Waals surface area contributed by atoms with Gasteiger partial charge in [-0.2, -0.15) is 0 Å². The maximum absolute atomic E-state index is 3.33. The van der Waals surface area contributed by atoms with Gasteiger partial charge in [-0.15, -0.1) is 0 Å². The summed E-state index contributed by atoms with van der Waals surface area (Å²) in [4.78, 5) is 0. The molecule has 0 unspecified atom stereocenters. The quantitative estimate of drug-likeness (QED) is 0.799. The van der Waals surface area contributed by atoms with Crippen molar-refractivity contribution < 1.29 is 0 Å². The molecule has 0 saturated heterocycles. The van der Waals surface area contributed by atoms with Crippen molar-refractivity contribution in [3.8, 4) is 0 Å². The molecule has 0 saturated carbocycles. The summed E-state index contributed by atoms with van der Waals surface area (Å²) in [7, 11) is 2.02. The zero-order valence-corrected chi connectivity index (χ0v) is 10.9. The van der Waals surface area contributed by atoms with Gasteiger partial charge in [-0.1, -0.05) is 36.4 Å². The van der Waals surface area contributed by atoms with Gasteiger partial charge in [0, 0.05) is 12.7 Å². The van der Waals surface area contributed by atoms with Crippen molar-refractivity contribution in [2.75, 3.05) is 12.4 Å². The normalized spacial score (nSPS) is 14.1. The van der Waals surface area contributed by atoms with E-state index in [9.17, 15) is 0 Å². The van der Waals surface area contributed by atoms with Crippen LogP contribution in [0, 0.1) is 0 Å². The van der Waals surface area contributed by atoms with Crippen molar-refractivity contribution in [2.24, 2.45) is 0 Å². The third-order valence-corrected chi connectivity index (χ3v) is 3.85. The van der Waals surface area contributed by atoms with Crippen LogP contribution in [0.25, 0.3) is 0 Å². The van der Waals surface area contributed by atoms with E-state index in [2.05, 4.69) is 47.8 Å². The second kappa shape index (κ2) is 4.85. The van der Waals surface area contributed by atoms with E-state index in [1.54, 1.807) is 0 Å². The molecule has 18 heavy (non-hydrogen) atoms. The first-order chi connectivity index (χ1) is 8.85. The molecule has 0 aromatic heterocycles. The largest absolute Gasteiger partial charge is 0.388 e. The average Bonchev–Trinajstić information content (AvgIpc) is 2.41. The van der Waals surface area contributed by atoms with E-state index in [0.717, 1.165) is 25.7 Å². The molecule has 0 radical (unpaired) electrons. The Balaban J connectivity index is 2.00. The van der Waals surface area contributed by atoms with Crippen LogP contribution in [0.3, 0.4) is 0 Å². The molecule has 1 nitrogen and oxygen atoms in total. The van der Waals surface area contributed by atoms with Gasteiger partial charge in [0.1, 0.15) is 0 Å². The summed E-state index contributed by atoms with van der Waals surface area (Å²) in [5, 5.41) is 3.33. The number of anilines is 1. The van der Waals surface area contributed by atoms with Crippen LogP contribution < -0.4 is 5.32 Å². The van der Waals surface area contributed by atoms with Crippen LogP contribution in [0.1, 0.15) is 22.3 Å². The molecule has 92 valence electrons. The lowest BCUT2D eigenvalue weighted by molar-refractivity contribution is 0.922. The molecule has 6 rings (SSSR count). The van der Waals surface area contributed by atoms with Gasteiger partial charge < -0.3 is 5.32 Å². The van der Waals surface area contributed by atoms with Crippen molar-refractivity contribution in [2.45, 2.75) is 25.7 Å². The molecule has 0 atom stereocenters. The van der Waals surface area contributed by atoms with Gasteiger partial charge in [0.15, 0.2) is 0 Å². The highest BCUT2D eigenvalue weighted by molar-refractivity contribution is 5.53. The van der Waals surface area contributed by atoms with Gasteiger partial charge in [-0.25, -0.2) is 0 Å². The first-order valence-electron chi connectivity index (χ1n) is 6.72. The van der Waals surface area contributed by atoms with Crippen LogP contribution in [-0.2, 0) is 25.7 Å². The Kier molecular flexibility index (Phi) is 3.06. The highest BCUT2D eigenvalue weighted by Gasteiger charge is 2.06. The lowest BCUT2D eigenvalue weighted by Crippen LogP contribution is -2.02. The first-order valence-corrected chi connectivity index (χ1v) is 6.72. The van der Waals surface area contributed by atoms with Crippen LogP contribution in [0.2, 0.25) is 0 Å². The summed E-state index contributed by atoms with van der Waals surface area (Å²) in [6.07, 6.45) is 4.47. The number of aryl methyl sites for hydroxylation is 4. The fourth-order valence-electron chi connectivity index (χ4n) is 2.67. The molecule has 0 aliphatic heterocycles. The van der Waals surface area contributed by atoms with E-state index in [4.69, 9.17) is 0 Å². The predicted octanol–water partition coefficient (Wildman–Crippen LogP) is 3.61. The van der Waals surface area contributed by atoms with Crippen LogP contribution in [0.15, 0.2) is 42.5 Å². The van der Waals surface area contributed by atoms with Gasteiger partial charge in [0.2, 0.25) is 0 Å². The SMILES string of the molecule is CNc1cc2ccc1CCc1ccc(cc1)CC2. The number of benzene rings is 2. The number of nitrogens with one attached hydrogen (secondary N) is 1. The van der Waals surface area contributed by atoms with Gasteiger partial charge in [0.05, 0.1) is 0 Å². The summed E-state index contributed by atoms with van der Waals surface area (Å²) >= 11 is 0. The lowest BCUT2D eigenvalue weighted by atomic mass is 9.95. The van der Waals surface area contributed by atoms with Crippen LogP contribution >= 0.6 is 0 Å². The van der Waals surface area contributed by atoms with E-state index in [1.165, 1.54) is 27.9 Å². The standard InChI is InChI=1S/C17H19N/c1-18-17-12-15-7-6-13-2-4-14(5-3-13)8-10-16(17)11-9-15/h2-5,9,11-12,18H,6-8,10H2,1H3. The van der Waals surface area contributed by atoms with Crippen molar-refractivity contribution in [1.82, 2.24) is 0 Å². The molecule has 4 aliphatic rings. The van der Waals surface area contributed by atoms with Crippen molar-refractivity contribution in [3.05, 3.63) is 64.7 Å². The molecule has 2 aromatic carbocycles. The molecule has 1 N–H and O–H groups in total. The third kappa shape index (κ3) is 2.26. The average molecular weight is 237 g/mol. The number of hydrogen-bond acceptors (Lipinski definition) is 1. The topological polar surface area (TPSA) is 12.0 Å². The molecule has 0 fully saturated rings. The summed E-state index contributed by atoms with van der Waals surface area (Å²) in [5.74, 6) is 0. The highest BCUT2D eigenvalue weighted by atomic mass is 14.8. The molecule has 0 heterocycles. The summed E-state index contributed by atoms with van der Waals surface area (Å²) in [5.41, 5.74) is 7.01. The molecule has 1 heteroatoms. The highest BCUT2D eigenvalue weighted by Crippen LogP contribution is 2.22. The Morgan fingerprint density at radius 3 is 1.94 bits per heavy atom. The second-order valence-corrected chi connectivity index (χ2v) is 5.06. The molecule has 0 spiro atoms. The molecular weight excluding hydrogens is 218 g/mol. The Bertz CT molecular complexity index is 540. The molecule has 2 aromatic rings. The maximum Gasteiger partial charge on any atom is 0.0373 e. The van der Waals surface area contributed by atoms with Gasteiger partial charge in [0.25, 0.3) is 0 Å². The smallest absolute Gasteiger partial charge is 0.0373 e. The monoisotopic (exact) mass is 237 g/mol. The Morgan fingerprint density at radius 2 is 1.28 bits per heavy atom. The Labute approximate surface area is 109 Å². The van der Waals surface area contributed by atoms with Crippen LogP contribution in [0.4, 0.5) is 5.69 Å². The minimum absolute atomic E-state index is 1.11. The second-order valence-electron chi connectivity index (χ2n) is 5.06. The van der Waals surface area contributed by atoms with Gasteiger partial charge in [-0.3, -0.25) is 0 Å². The van der Waals surface area contributed by atoms with E-state index < -0.39 is 0 Å². The minimum atomic E-state index is 1.11. The zero-order valence-electron chi connectivity index (χ0n) is 10.9. The van der Waals surface area contributed by atoms with E-state index in [1.807, 2.05) is 7.05 Å². The van der Waals surface area contributed by atoms with Crippen LogP contribution in [0.5, 0.6) is 0 Å². The summed E-state index contributed by atoms with van der Waals surface area (Å²) in [6, 6.07) is 16.0. The number of hydrogen-bond donors (Lipinski definition) is 1. The maximum atomic E-state index is 3.33. The summed E-state index contributed by atoms with van der Waals surface area (Å²) < 4.78 is 0. The molecule has 4 bridgehead atoms. The van der Waals surface area contributed by atoms with Gasteiger partial charge >= 0.3 is 0 Å². The van der Waals surface area contributed by atoms with Crippen molar-refractivity contribution in [1.29, 1.82) is 0 Å².